The third-order valence-electron chi connectivity index (χ3n) is 5.10. The smallest absolute Gasteiger partial charge is 0.0563 e. The molecule has 0 bridgehead atoms. The van der Waals surface area contributed by atoms with Gasteiger partial charge in [0, 0.05) is 5.92 Å². The van der Waals surface area contributed by atoms with Crippen LogP contribution in [0.15, 0.2) is 41.0 Å². The minimum atomic E-state index is -0.177. The Balaban J connectivity index is 1.73. The van der Waals surface area contributed by atoms with Gasteiger partial charge in [-0.15, -0.1) is 0 Å². The molecule has 1 radical (unpaired) electrons. The third-order valence-corrected chi connectivity index (χ3v) is 7.20. The molecule has 0 nitrogen and oxygen atoms in total. The van der Waals surface area contributed by atoms with Gasteiger partial charge in [0.1, 0.15) is 0 Å². The fourth-order valence-electron chi connectivity index (χ4n) is 3.71. The molecule has 0 heterocycles. The molecule has 1 heteroatoms. The highest BCUT2D eigenvalue weighted by Crippen LogP contribution is 2.42. The van der Waals surface area contributed by atoms with Gasteiger partial charge in [-0.1, -0.05) is 40.6 Å². The van der Waals surface area contributed by atoms with Crippen molar-refractivity contribution < 1.29 is 0 Å². The van der Waals surface area contributed by atoms with Gasteiger partial charge in [-0.2, -0.15) is 0 Å². The van der Waals surface area contributed by atoms with Crippen molar-refractivity contribution >= 4 is 14.7 Å². The predicted molar refractivity (Wildman–Crippen MR) is 91.4 cm³/mol. The lowest BCUT2D eigenvalue weighted by Crippen LogP contribution is -2.20. The summed E-state index contributed by atoms with van der Waals surface area (Å²) in [6.45, 7) is 6.85. The van der Waals surface area contributed by atoms with Gasteiger partial charge in [0.2, 0.25) is 0 Å². The second-order valence-corrected chi connectivity index (χ2v) is 8.14. The molecule has 0 unspecified atom stereocenters. The second-order valence-electron chi connectivity index (χ2n) is 6.38. The Labute approximate surface area is 125 Å². The zero-order chi connectivity index (χ0) is 14.1. The molecule has 2 aliphatic carbocycles. The molecular formula is C19H25Si. The largest absolute Gasteiger partial charge is 0.0702 e. The Morgan fingerprint density at radius 3 is 2.55 bits per heavy atom. The summed E-state index contributed by atoms with van der Waals surface area (Å²) in [5.41, 5.74) is 7.98. The molecule has 0 fully saturated rings. The Morgan fingerprint density at radius 2 is 1.75 bits per heavy atom. The predicted octanol–water partition coefficient (Wildman–Crippen LogP) is 3.92. The molecule has 0 saturated carbocycles. The summed E-state index contributed by atoms with van der Waals surface area (Å²) in [6, 6.07) is 8.18. The van der Waals surface area contributed by atoms with Gasteiger partial charge in [-0.3, -0.25) is 0 Å². The minimum Gasteiger partial charge on any atom is -0.0702 e. The molecule has 20 heavy (non-hydrogen) atoms. The summed E-state index contributed by atoms with van der Waals surface area (Å²) in [5.74, 6) is 1.68. The standard InChI is InChI=1S/C19H25Si/c1-13-7-6-10-19(15(13)3)20-12-16-11-14(2)17-8-4-5-9-18(16)17/h6-7,10-11H,4-5,8-9,12,20H2,1-3H3. The van der Waals surface area contributed by atoms with Crippen molar-refractivity contribution in [2.24, 2.45) is 0 Å². The monoisotopic (exact) mass is 281 g/mol. The molecule has 0 N–H and O–H groups in total. The van der Waals surface area contributed by atoms with Crippen LogP contribution >= 0.6 is 0 Å². The molecular weight excluding hydrogens is 256 g/mol. The molecule has 105 valence electrons. The van der Waals surface area contributed by atoms with E-state index in [9.17, 15) is 0 Å². The maximum atomic E-state index is 2.49. The number of rotatable bonds is 3. The van der Waals surface area contributed by atoms with Gasteiger partial charge in [0.05, 0.1) is 9.52 Å². The van der Waals surface area contributed by atoms with Gasteiger partial charge in [-0.25, -0.2) is 0 Å². The van der Waals surface area contributed by atoms with Crippen LogP contribution in [0.5, 0.6) is 0 Å². The lowest BCUT2D eigenvalue weighted by molar-refractivity contribution is 0.681. The topological polar surface area (TPSA) is 0 Å². The molecule has 2 aliphatic rings. The number of hydrogen-bond acceptors (Lipinski definition) is 0. The van der Waals surface area contributed by atoms with E-state index in [0.717, 1.165) is 0 Å². The number of allylic oxidation sites excluding steroid dienone is 4. The SMILES string of the molecule is CC1=C[C](C[SiH2]c2cccc(C)c2C)C2=C1CCCC2. The van der Waals surface area contributed by atoms with Crippen LogP contribution in [-0.4, -0.2) is 9.52 Å². The number of aryl methyl sites for hydroxylation is 1. The van der Waals surface area contributed by atoms with Crippen molar-refractivity contribution in [2.75, 3.05) is 0 Å². The number of hydrogen-bond donors (Lipinski definition) is 0. The van der Waals surface area contributed by atoms with Crippen molar-refractivity contribution in [3.05, 3.63) is 58.0 Å². The van der Waals surface area contributed by atoms with Crippen molar-refractivity contribution in [1.29, 1.82) is 0 Å². The maximum Gasteiger partial charge on any atom is 0.0563 e. The fraction of sp³-hybridized carbons (Fsp3) is 0.421. The zero-order valence-electron chi connectivity index (χ0n) is 13.1. The average molecular weight is 281 g/mol. The van der Waals surface area contributed by atoms with Crippen LogP contribution in [-0.2, 0) is 0 Å². The van der Waals surface area contributed by atoms with Crippen LogP contribution in [0.2, 0.25) is 6.04 Å². The van der Waals surface area contributed by atoms with E-state index in [1.54, 1.807) is 27.8 Å². The highest BCUT2D eigenvalue weighted by Gasteiger charge is 2.26. The van der Waals surface area contributed by atoms with Crippen LogP contribution in [0.25, 0.3) is 0 Å². The quantitative estimate of drug-likeness (QED) is 0.737. The van der Waals surface area contributed by atoms with E-state index in [0.29, 0.717) is 0 Å². The Morgan fingerprint density at radius 1 is 1.00 bits per heavy atom. The van der Waals surface area contributed by atoms with Crippen molar-refractivity contribution in [2.45, 2.75) is 52.5 Å². The normalized spacial score (nSPS) is 19.9. The van der Waals surface area contributed by atoms with Crippen LogP contribution < -0.4 is 5.19 Å². The summed E-state index contributed by atoms with van der Waals surface area (Å²) in [5, 5.41) is 1.66. The number of benzene rings is 1. The van der Waals surface area contributed by atoms with Crippen molar-refractivity contribution in [1.82, 2.24) is 0 Å². The van der Waals surface area contributed by atoms with E-state index >= 15 is 0 Å². The minimum absolute atomic E-state index is 0.177. The van der Waals surface area contributed by atoms with E-state index in [1.165, 1.54) is 42.9 Å². The first-order valence-corrected chi connectivity index (χ1v) is 9.69. The van der Waals surface area contributed by atoms with Crippen LogP contribution in [0, 0.1) is 19.8 Å². The molecule has 0 aliphatic heterocycles. The molecule has 0 atom stereocenters. The average Bonchev–Trinajstić information content (AvgIpc) is 2.78. The highest BCUT2D eigenvalue weighted by atomic mass is 28.2. The summed E-state index contributed by atoms with van der Waals surface area (Å²) < 4.78 is 0. The summed E-state index contributed by atoms with van der Waals surface area (Å²) in [7, 11) is -0.177. The van der Waals surface area contributed by atoms with E-state index in [4.69, 9.17) is 0 Å². The van der Waals surface area contributed by atoms with Crippen LogP contribution in [0.4, 0.5) is 0 Å². The Kier molecular flexibility index (Phi) is 3.98. The molecule has 0 spiro atoms. The molecule has 0 amide bonds. The summed E-state index contributed by atoms with van der Waals surface area (Å²) in [4.78, 5) is 0. The molecule has 1 aromatic carbocycles. The lowest BCUT2D eigenvalue weighted by Gasteiger charge is -2.20. The second kappa shape index (κ2) is 5.73. The molecule has 0 aromatic heterocycles. The maximum absolute atomic E-state index is 2.49. The fourth-order valence-corrected chi connectivity index (χ4v) is 5.65. The Hall–Kier alpha value is -1.08. The summed E-state index contributed by atoms with van der Waals surface area (Å²) >= 11 is 0. The van der Waals surface area contributed by atoms with Gasteiger partial charge in [0.25, 0.3) is 0 Å². The lowest BCUT2D eigenvalue weighted by atomic mass is 9.88. The van der Waals surface area contributed by atoms with Crippen molar-refractivity contribution in [3.63, 3.8) is 0 Å². The molecule has 3 rings (SSSR count). The highest BCUT2D eigenvalue weighted by molar-refractivity contribution is 6.54. The van der Waals surface area contributed by atoms with E-state index < -0.39 is 0 Å². The van der Waals surface area contributed by atoms with E-state index in [-0.39, 0.29) is 9.52 Å². The van der Waals surface area contributed by atoms with Crippen molar-refractivity contribution in [3.8, 4) is 0 Å². The summed E-state index contributed by atoms with van der Waals surface area (Å²) in [6.07, 6.45) is 7.94. The van der Waals surface area contributed by atoms with Gasteiger partial charge < -0.3 is 0 Å². The van der Waals surface area contributed by atoms with Gasteiger partial charge in [-0.05, 0) is 69.2 Å². The van der Waals surface area contributed by atoms with E-state index in [2.05, 4.69) is 45.0 Å². The van der Waals surface area contributed by atoms with Gasteiger partial charge >= 0.3 is 0 Å². The Bertz CT molecular complexity index is 577. The third kappa shape index (κ3) is 2.56. The first-order valence-electron chi connectivity index (χ1n) is 7.99. The first-order chi connectivity index (χ1) is 9.66. The zero-order valence-corrected chi connectivity index (χ0v) is 14.5. The van der Waals surface area contributed by atoms with Crippen LogP contribution in [0.1, 0.15) is 43.7 Å². The van der Waals surface area contributed by atoms with E-state index in [1.807, 2.05) is 0 Å². The molecule has 1 aromatic rings. The van der Waals surface area contributed by atoms with Crippen LogP contribution in [0.3, 0.4) is 0 Å². The first kappa shape index (κ1) is 13.9. The van der Waals surface area contributed by atoms with Gasteiger partial charge in [0.15, 0.2) is 0 Å². The molecule has 0 saturated heterocycles.